The summed E-state index contributed by atoms with van der Waals surface area (Å²) in [7, 11) is 3.09. The molecule has 2 rings (SSSR count). The highest BCUT2D eigenvalue weighted by Gasteiger charge is 2.30. The number of benzene rings is 2. The van der Waals surface area contributed by atoms with Gasteiger partial charge in [-0.05, 0) is 35.4 Å². The van der Waals surface area contributed by atoms with Crippen LogP contribution in [0.1, 0.15) is 16.7 Å². The molecule has 0 spiro atoms. The van der Waals surface area contributed by atoms with E-state index in [2.05, 4.69) is 10.3 Å². The van der Waals surface area contributed by atoms with E-state index in [1.807, 2.05) is 6.07 Å². The summed E-state index contributed by atoms with van der Waals surface area (Å²) in [6.45, 7) is 0.437. The van der Waals surface area contributed by atoms with E-state index >= 15 is 0 Å². The Morgan fingerprint density at radius 2 is 1.77 bits per heavy atom. The number of nitrogens with one attached hydrogen (secondary N) is 1. The Bertz CT molecular complexity index is 777. The van der Waals surface area contributed by atoms with E-state index in [1.165, 1.54) is 6.07 Å². The SMILES string of the molecule is COc1ccc(CNC(N)=NCc2cccc(C(F)(F)F)c2)cc1OC. The molecule has 0 amide bonds. The molecule has 2 aromatic carbocycles. The lowest BCUT2D eigenvalue weighted by Crippen LogP contribution is -2.31. The maximum Gasteiger partial charge on any atom is 0.416 e. The molecule has 0 heterocycles. The van der Waals surface area contributed by atoms with Crippen LogP contribution in [-0.2, 0) is 19.3 Å². The molecule has 3 N–H and O–H groups in total. The van der Waals surface area contributed by atoms with E-state index < -0.39 is 11.7 Å². The Hall–Kier alpha value is -2.90. The van der Waals surface area contributed by atoms with Gasteiger partial charge in [0.2, 0.25) is 0 Å². The zero-order valence-corrected chi connectivity index (χ0v) is 14.4. The molecular formula is C18H20F3N3O2. The maximum atomic E-state index is 12.7. The first-order valence-corrected chi connectivity index (χ1v) is 7.74. The summed E-state index contributed by atoms with van der Waals surface area (Å²) >= 11 is 0. The van der Waals surface area contributed by atoms with Crippen molar-refractivity contribution in [2.24, 2.45) is 10.7 Å². The summed E-state index contributed by atoms with van der Waals surface area (Å²) in [5, 5.41) is 2.91. The van der Waals surface area contributed by atoms with Gasteiger partial charge in [-0.15, -0.1) is 0 Å². The van der Waals surface area contributed by atoms with Gasteiger partial charge in [0.1, 0.15) is 0 Å². The zero-order valence-electron chi connectivity index (χ0n) is 14.4. The van der Waals surface area contributed by atoms with E-state index in [4.69, 9.17) is 15.2 Å². The van der Waals surface area contributed by atoms with Crippen molar-refractivity contribution >= 4 is 5.96 Å². The lowest BCUT2D eigenvalue weighted by Gasteiger charge is -2.11. The molecule has 0 aliphatic heterocycles. The maximum absolute atomic E-state index is 12.7. The molecule has 0 fully saturated rings. The van der Waals surface area contributed by atoms with Crippen molar-refractivity contribution < 1.29 is 22.6 Å². The molecule has 0 unspecified atom stereocenters. The number of rotatable bonds is 6. The van der Waals surface area contributed by atoms with Gasteiger partial charge < -0.3 is 20.5 Å². The monoisotopic (exact) mass is 367 g/mol. The molecule has 8 heteroatoms. The van der Waals surface area contributed by atoms with Crippen LogP contribution in [0.4, 0.5) is 13.2 Å². The Labute approximate surface area is 149 Å². The summed E-state index contributed by atoms with van der Waals surface area (Å²) < 4.78 is 48.5. The Morgan fingerprint density at radius 3 is 2.42 bits per heavy atom. The normalized spacial score (nSPS) is 12.0. The van der Waals surface area contributed by atoms with Gasteiger partial charge in [-0.25, -0.2) is 4.99 Å². The number of nitrogens with two attached hydrogens (primary N) is 1. The number of hydrogen-bond acceptors (Lipinski definition) is 3. The second kappa shape index (κ2) is 8.46. The number of halogens is 3. The summed E-state index contributed by atoms with van der Waals surface area (Å²) in [6, 6.07) is 10.4. The van der Waals surface area contributed by atoms with Gasteiger partial charge in [0, 0.05) is 6.54 Å². The van der Waals surface area contributed by atoms with Crippen LogP contribution in [0, 0.1) is 0 Å². The molecular weight excluding hydrogens is 347 g/mol. The molecule has 0 aliphatic carbocycles. The van der Waals surface area contributed by atoms with E-state index in [-0.39, 0.29) is 12.5 Å². The van der Waals surface area contributed by atoms with E-state index in [0.29, 0.717) is 23.6 Å². The smallest absolute Gasteiger partial charge is 0.416 e. The van der Waals surface area contributed by atoms with Crippen molar-refractivity contribution in [2.45, 2.75) is 19.3 Å². The van der Waals surface area contributed by atoms with Gasteiger partial charge in [0.15, 0.2) is 17.5 Å². The average Bonchev–Trinajstić information content (AvgIpc) is 2.64. The first kappa shape index (κ1) is 19.4. The number of aliphatic imine (C=N–C) groups is 1. The first-order chi connectivity index (χ1) is 12.3. The molecule has 140 valence electrons. The van der Waals surface area contributed by atoms with Crippen molar-refractivity contribution in [2.75, 3.05) is 14.2 Å². The van der Waals surface area contributed by atoms with Gasteiger partial charge in [-0.3, -0.25) is 0 Å². The van der Waals surface area contributed by atoms with Crippen LogP contribution in [0.25, 0.3) is 0 Å². The molecule has 0 aliphatic rings. The second-order valence-electron chi connectivity index (χ2n) is 5.44. The highest BCUT2D eigenvalue weighted by molar-refractivity contribution is 5.77. The quantitative estimate of drug-likeness (QED) is 0.607. The fraction of sp³-hybridized carbons (Fsp3) is 0.278. The van der Waals surface area contributed by atoms with Crippen molar-refractivity contribution in [3.63, 3.8) is 0 Å². The fourth-order valence-corrected chi connectivity index (χ4v) is 2.26. The van der Waals surface area contributed by atoms with Gasteiger partial charge in [0.05, 0.1) is 26.3 Å². The minimum absolute atomic E-state index is 0.0503. The highest BCUT2D eigenvalue weighted by atomic mass is 19.4. The minimum Gasteiger partial charge on any atom is -0.493 e. The number of ether oxygens (including phenoxy) is 2. The van der Waals surface area contributed by atoms with Gasteiger partial charge in [-0.1, -0.05) is 18.2 Å². The van der Waals surface area contributed by atoms with E-state index in [0.717, 1.165) is 17.7 Å². The van der Waals surface area contributed by atoms with Crippen LogP contribution >= 0.6 is 0 Å². The summed E-state index contributed by atoms with van der Waals surface area (Å²) in [5.41, 5.74) is 6.39. The zero-order chi connectivity index (χ0) is 19.2. The molecule has 0 radical (unpaired) electrons. The third-order valence-corrected chi connectivity index (χ3v) is 3.61. The Balaban J connectivity index is 1.97. The van der Waals surface area contributed by atoms with Crippen molar-refractivity contribution in [1.29, 1.82) is 0 Å². The van der Waals surface area contributed by atoms with E-state index in [1.54, 1.807) is 32.4 Å². The number of nitrogens with zero attached hydrogens (tertiary/aromatic N) is 1. The van der Waals surface area contributed by atoms with Crippen molar-refractivity contribution in [3.05, 3.63) is 59.2 Å². The van der Waals surface area contributed by atoms with Crippen molar-refractivity contribution in [1.82, 2.24) is 5.32 Å². The molecule has 0 saturated heterocycles. The number of guanidine groups is 1. The topological polar surface area (TPSA) is 68.9 Å². The second-order valence-corrected chi connectivity index (χ2v) is 5.44. The lowest BCUT2D eigenvalue weighted by atomic mass is 10.1. The van der Waals surface area contributed by atoms with Gasteiger partial charge in [0.25, 0.3) is 0 Å². The van der Waals surface area contributed by atoms with Crippen LogP contribution < -0.4 is 20.5 Å². The third kappa shape index (κ3) is 5.30. The average molecular weight is 367 g/mol. The Kier molecular flexibility index (Phi) is 6.32. The number of methoxy groups -OCH3 is 2. The summed E-state index contributed by atoms with van der Waals surface area (Å²) in [4.78, 5) is 4.07. The van der Waals surface area contributed by atoms with Crippen LogP contribution in [-0.4, -0.2) is 20.2 Å². The number of alkyl halides is 3. The standard InChI is InChI=1S/C18H20F3N3O2/c1-25-15-7-6-13(9-16(15)26-2)11-24-17(22)23-10-12-4-3-5-14(8-12)18(19,20)21/h3-9H,10-11H2,1-2H3,(H3,22,23,24). The predicted octanol–water partition coefficient (Wildman–Crippen LogP) is 3.33. The fourth-order valence-electron chi connectivity index (χ4n) is 2.26. The lowest BCUT2D eigenvalue weighted by molar-refractivity contribution is -0.137. The van der Waals surface area contributed by atoms with E-state index in [9.17, 15) is 13.2 Å². The molecule has 0 aromatic heterocycles. The molecule has 26 heavy (non-hydrogen) atoms. The molecule has 5 nitrogen and oxygen atoms in total. The number of hydrogen-bond donors (Lipinski definition) is 2. The molecule has 0 bridgehead atoms. The van der Waals surface area contributed by atoms with Crippen LogP contribution in [0.15, 0.2) is 47.5 Å². The molecule has 0 saturated carbocycles. The predicted molar refractivity (Wildman–Crippen MR) is 93.2 cm³/mol. The van der Waals surface area contributed by atoms with Crippen LogP contribution in [0.5, 0.6) is 11.5 Å². The van der Waals surface area contributed by atoms with Crippen LogP contribution in [0.3, 0.4) is 0 Å². The van der Waals surface area contributed by atoms with Gasteiger partial charge >= 0.3 is 6.18 Å². The first-order valence-electron chi connectivity index (χ1n) is 7.74. The molecule has 0 atom stereocenters. The minimum atomic E-state index is -4.38. The Morgan fingerprint density at radius 1 is 1.04 bits per heavy atom. The van der Waals surface area contributed by atoms with Crippen molar-refractivity contribution in [3.8, 4) is 11.5 Å². The highest BCUT2D eigenvalue weighted by Crippen LogP contribution is 2.29. The third-order valence-electron chi connectivity index (χ3n) is 3.61. The summed E-state index contributed by atoms with van der Waals surface area (Å²) in [6.07, 6.45) is -4.38. The van der Waals surface area contributed by atoms with Crippen LogP contribution in [0.2, 0.25) is 0 Å². The van der Waals surface area contributed by atoms with Gasteiger partial charge in [-0.2, -0.15) is 13.2 Å². The molecule has 2 aromatic rings. The summed E-state index contributed by atoms with van der Waals surface area (Å²) in [5.74, 6) is 1.34. The largest absolute Gasteiger partial charge is 0.493 e.